The van der Waals surface area contributed by atoms with Gasteiger partial charge in [-0.3, -0.25) is 14.8 Å². The van der Waals surface area contributed by atoms with Gasteiger partial charge in [0, 0.05) is 37.0 Å². The van der Waals surface area contributed by atoms with E-state index in [1.54, 1.807) is 6.20 Å². The molecule has 2 atom stereocenters. The van der Waals surface area contributed by atoms with Crippen molar-refractivity contribution in [3.63, 3.8) is 0 Å². The van der Waals surface area contributed by atoms with Gasteiger partial charge in [0.05, 0.1) is 29.5 Å². The molecule has 4 aliphatic heterocycles. The number of nitrogens with zero attached hydrogens (tertiary/aromatic N) is 3. The minimum Gasteiger partial charge on any atom is -0.492 e. The van der Waals surface area contributed by atoms with Crippen LogP contribution >= 0.6 is 11.8 Å². The van der Waals surface area contributed by atoms with Gasteiger partial charge in [0.2, 0.25) is 0 Å². The number of ether oxygens (including phenoxy) is 1. The molecule has 1 aromatic heterocycles. The second-order valence-corrected chi connectivity index (χ2v) is 8.18. The third kappa shape index (κ3) is 2.64. The third-order valence-electron chi connectivity index (χ3n) is 5.29. The van der Waals surface area contributed by atoms with Crippen LogP contribution in [0.2, 0.25) is 0 Å². The molecule has 5 rings (SSSR count). The highest BCUT2D eigenvalue weighted by atomic mass is 32.2. The molecule has 26 heavy (non-hydrogen) atoms. The minimum atomic E-state index is -0.309. The predicted octanol–water partition coefficient (Wildman–Crippen LogP) is 1.35. The molecule has 136 valence electrons. The molecule has 5 heterocycles. The molecule has 1 fully saturated rings. The van der Waals surface area contributed by atoms with Gasteiger partial charge in [-0.2, -0.15) is 5.10 Å². The summed E-state index contributed by atoms with van der Waals surface area (Å²) in [7, 11) is 0. The Balaban J connectivity index is 1.55. The molecule has 1 amide bonds. The maximum Gasteiger partial charge on any atom is 0.264 e. The lowest BCUT2D eigenvalue weighted by molar-refractivity contribution is -0.116. The van der Waals surface area contributed by atoms with Crippen molar-refractivity contribution in [2.24, 2.45) is 4.99 Å². The van der Waals surface area contributed by atoms with Crippen molar-refractivity contribution in [1.29, 1.82) is 0 Å². The number of aliphatic imine (C=N–C) groups is 1. The summed E-state index contributed by atoms with van der Waals surface area (Å²) in [5, 5.41) is 16.4. The van der Waals surface area contributed by atoms with Crippen LogP contribution in [0.1, 0.15) is 24.8 Å². The average molecular weight is 372 g/mol. The Kier molecular flexibility index (Phi) is 3.99. The number of β-amino-alcohol motifs (C(OH)–C–C–N with tert-alkyl or cyclic N) is 1. The Morgan fingerprint density at radius 3 is 3.15 bits per heavy atom. The van der Waals surface area contributed by atoms with Crippen LogP contribution in [0.3, 0.4) is 0 Å². The normalized spacial score (nSPS) is 29.0. The highest BCUT2D eigenvalue weighted by molar-refractivity contribution is 8.10. The van der Waals surface area contributed by atoms with Gasteiger partial charge in [0.1, 0.15) is 11.0 Å². The van der Waals surface area contributed by atoms with Crippen molar-refractivity contribution >= 4 is 28.3 Å². The molecule has 0 bridgehead atoms. The Hall–Kier alpha value is -1.90. The fourth-order valence-electron chi connectivity index (χ4n) is 4.07. The first kappa shape index (κ1) is 16.3. The van der Waals surface area contributed by atoms with E-state index in [1.165, 1.54) is 11.8 Å². The first-order chi connectivity index (χ1) is 12.7. The topological polar surface area (TPSA) is 90.8 Å². The summed E-state index contributed by atoms with van der Waals surface area (Å²) in [5.74, 6) is 0.723. The third-order valence-corrected chi connectivity index (χ3v) is 6.62. The zero-order valence-corrected chi connectivity index (χ0v) is 15.1. The smallest absolute Gasteiger partial charge is 0.264 e. The Morgan fingerprint density at radius 1 is 1.46 bits per heavy atom. The van der Waals surface area contributed by atoms with E-state index < -0.39 is 0 Å². The van der Waals surface area contributed by atoms with E-state index in [1.807, 2.05) is 6.20 Å². The van der Waals surface area contributed by atoms with Crippen molar-refractivity contribution < 1.29 is 14.6 Å². The largest absolute Gasteiger partial charge is 0.492 e. The number of aromatic amines is 1. The zero-order valence-electron chi connectivity index (χ0n) is 14.3. The van der Waals surface area contributed by atoms with Crippen LogP contribution in [0.4, 0.5) is 0 Å². The van der Waals surface area contributed by atoms with Crippen LogP contribution < -0.4 is 0 Å². The number of likely N-dealkylation sites (tertiary alicyclic amines) is 1. The Labute approximate surface area is 155 Å². The second kappa shape index (κ2) is 6.37. The highest BCUT2D eigenvalue weighted by Gasteiger charge is 2.44. The van der Waals surface area contributed by atoms with Gasteiger partial charge in [0.15, 0.2) is 0 Å². The molecule has 1 unspecified atom stereocenters. The standard InChI is InChI=1S/C18H20N4O3S/c23-11-3-4-22(8-11)9-13-12-2-1-5-25-15-14(12)17(18(24)21-13)26-16(15)10-6-19-20-7-10/h6-7,11,17,23H,1-5,8-9H2,(H,19,20)/t11-,17?/m0/s1. The number of dihydropyridines is 1. The first-order valence-corrected chi connectivity index (χ1v) is 9.87. The Bertz CT molecular complexity index is 843. The number of nitrogens with one attached hydrogen (secondary N) is 1. The SMILES string of the molecule is O=C1N=C(CN2CC[C@H](O)C2)C2=C3C(=C(c4cn[nH]c4)SC13)OCCC2. The van der Waals surface area contributed by atoms with E-state index in [0.29, 0.717) is 19.7 Å². The number of aromatic nitrogens is 2. The van der Waals surface area contributed by atoms with Crippen LogP contribution in [-0.4, -0.2) is 69.4 Å². The van der Waals surface area contributed by atoms with E-state index in [9.17, 15) is 9.90 Å². The van der Waals surface area contributed by atoms with Gasteiger partial charge < -0.3 is 9.84 Å². The lowest BCUT2D eigenvalue weighted by Gasteiger charge is -2.24. The van der Waals surface area contributed by atoms with Crippen molar-refractivity contribution in [3.8, 4) is 0 Å². The van der Waals surface area contributed by atoms with Gasteiger partial charge in [-0.05, 0) is 24.8 Å². The zero-order chi connectivity index (χ0) is 17.7. The molecule has 1 aromatic rings. The lowest BCUT2D eigenvalue weighted by Crippen LogP contribution is -2.34. The van der Waals surface area contributed by atoms with Crippen LogP contribution in [-0.2, 0) is 9.53 Å². The summed E-state index contributed by atoms with van der Waals surface area (Å²) in [6, 6.07) is 0. The van der Waals surface area contributed by atoms with Gasteiger partial charge in [-0.15, -0.1) is 11.8 Å². The molecule has 0 aliphatic carbocycles. The number of hydrogen-bond acceptors (Lipinski definition) is 6. The number of H-pyrrole nitrogens is 1. The summed E-state index contributed by atoms with van der Waals surface area (Å²) in [6.45, 7) is 2.75. The van der Waals surface area contributed by atoms with Crippen LogP contribution in [0.25, 0.3) is 4.91 Å². The van der Waals surface area contributed by atoms with Crippen LogP contribution in [0.15, 0.2) is 34.3 Å². The molecule has 0 radical (unpaired) electrons. The van der Waals surface area contributed by atoms with E-state index in [2.05, 4.69) is 20.1 Å². The Morgan fingerprint density at radius 2 is 2.38 bits per heavy atom. The van der Waals surface area contributed by atoms with E-state index in [-0.39, 0.29) is 17.3 Å². The van der Waals surface area contributed by atoms with Gasteiger partial charge in [-0.25, -0.2) is 4.99 Å². The van der Waals surface area contributed by atoms with Gasteiger partial charge in [0.25, 0.3) is 5.91 Å². The summed E-state index contributed by atoms with van der Waals surface area (Å²) in [6.07, 6.45) is 5.89. The number of aliphatic hydroxyl groups excluding tert-OH is 1. The van der Waals surface area contributed by atoms with Crippen molar-refractivity contribution in [3.05, 3.63) is 34.9 Å². The number of hydrogen-bond donors (Lipinski definition) is 2. The highest BCUT2D eigenvalue weighted by Crippen LogP contribution is 2.51. The molecular formula is C18H20N4O3S. The number of allylic oxidation sites excluding steroid dienone is 1. The minimum absolute atomic E-state index is 0.106. The lowest BCUT2D eigenvalue weighted by atomic mass is 9.92. The average Bonchev–Trinajstić information content (AvgIpc) is 3.32. The quantitative estimate of drug-likeness (QED) is 0.832. The molecule has 0 aromatic carbocycles. The number of amides is 1. The molecule has 0 spiro atoms. The van der Waals surface area contributed by atoms with Gasteiger partial charge in [-0.1, -0.05) is 0 Å². The van der Waals surface area contributed by atoms with E-state index in [4.69, 9.17) is 4.74 Å². The van der Waals surface area contributed by atoms with E-state index in [0.717, 1.165) is 58.9 Å². The molecule has 1 saturated heterocycles. The maximum absolute atomic E-state index is 12.8. The monoisotopic (exact) mass is 372 g/mol. The van der Waals surface area contributed by atoms with Crippen LogP contribution in [0, 0.1) is 0 Å². The first-order valence-electron chi connectivity index (χ1n) is 8.99. The van der Waals surface area contributed by atoms with Crippen molar-refractivity contribution in [2.75, 3.05) is 26.2 Å². The number of carbonyl (C=O) groups is 1. The molecule has 8 heteroatoms. The van der Waals surface area contributed by atoms with E-state index >= 15 is 0 Å². The summed E-state index contributed by atoms with van der Waals surface area (Å²) >= 11 is 1.52. The van der Waals surface area contributed by atoms with Crippen molar-refractivity contribution in [2.45, 2.75) is 30.6 Å². The molecule has 2 N–H and O–H groups in total. The van der Waals surface area contributed by atoms with Gasteiger partial charge >= 0.3 is 0 Å². The molecule has 7 nitrogen and oxygen atoms in total. The number of rotatable bonds is 3. The number of aliphatic hydroxyl groups is 1. The fraction of sp³-hybridized carbons (Fsp3) is 0.500. The molecule has 0 saturated carbocycles. The number of carbonyl (C=O) groups excluding carboxylic acids is 1. The summed E-state index contributed by atoms with van der Waals surface area (Å²) < 4.78 is 6.08. The van der Waals surface area contributed by atoms with Crippen molar-refractivity contribution in [1.82, 2.24) is 15.1 Å². The second-order valence-electron chi connectivity index (χ2n) is 7.06. The summed E-state index contributed by atoms with van der Waals surface area (Å²) in [4.78, 5) is 20.4. The molecular weight excluding hydrogens is 352 g/mol. The fourth-order valence-corrected chi connectivity index (χ4v) is 5.35. The predicted molar refractivity (Wildman–Crippen MR) is 98.6 cm³/mol. The van der Waals surface area contributed by atoms with Crippen LogP contribution in [0.5, 0.6) is 0 Å². The maximum atomic E-state index is 12.8. The number of thioether (sulfide) groups is 1. The summed E-state index contributed by atoms with van der Waals surface area (Å²) in [5.41, 5.74) is 3.98. The molecule has 4 aliphatic rings.